The first-order chi connectivity index (χ1) is 15.7. The lowest BCUT2D eigenvalue weighted by Gasteiger charge is -2.16. The van der Waals surface area contributed by atoms with E-state index in [1.165, 1.54) is 13.4 Å². The molecule has 10 nitrogen and oxygen atoms in total. The van der Waals surface area contributed by atoms with Gasteiger partial charge in [0.25, 0.3) is 5.91 Å². The number of nitrogens with two attached hydrogens (primary N) is 1. The van der Waals surface area contributed by atoms with Gasteiger partial charge in [-0.1, -0.05) is 18.2 Å². The van der Waals surface area contributed by atoms with Gasteiger partial charge in [0, 0.05) is 18.4 Å². The first-order valence-electron chi connectivity index (χ1n) is 10.2. The number of sulfone groups is 1. The van der Waals surface area contributed by atoms with Crippen molar-refractivity contribution < 1.29 is 17.9 Å². The molecule has 0 atom stereocenters. The normalized spacial score (nSPS) is 12.5. The van der Waals surface area contributed by atoms with E-state index in [2.05, 4.69) is 25.9 Å². The van der Waals surface area contributed by atoms with Crippen LogP contribution in [0, 0.1) is 0 Å². The van der Waals surface area contributed by atoms with Gasteiger partial charge in [-0.05, 0) is 36.2 Å². The van der Waals surface area contributed by atoms with Gasteiger partial charge in [-0.2, -0.15) is 9.97 Å². The number of ether oxygens (including phenoxy) is 1. The Morgan fingerprint density at radius 3 is 2.67 bits per heavy atom. The summed E-state index contributed by atoms with van der Waals surface area (Å²) in [5.41, 5.74) is 8.42. The molecule has 4 rings (SSSR count). The number of hydrogen-bond donors (Lipinski definition) is 4. The fourth-order valence-corrected chi connectivity index (χ4v) is 4.42. The van der Waals surface area contributed by atoms with E-state index in [9.17, 15) is 13.2 Å². The predicted octanol–water partition coefficient (Wildman–Crippen LogP) is 2.58. The van der Waals surface area contributed by atoms with Gasteiger partial charge in [0.05, 0.1) is 29.8 Å². The second-order valence-corrected chi connectivity index (χ2v) is 9.80. The van der Waals surface area contributed by atoms with Gasteiger partial charge in [-0.3, -0.25) is 4.79 Å². The zero-order valence-corrected chi connectivity index (χ0v) is 19.0. The van der Waals surface area contributed by atoms with Crippen LogP contribution >= 0.6 is 0 Å². The van der Waals surface area contributed by atoms with Crippen LogP contribution in [-0.4, -0.2) is 44.2 Å². The Balaban J connectivity index is 1.71. The number of anilines is 5. The van der Waals surface area contributed by atoms with Crippen molar-refractivity contribution in [1.29, 1.82) is 0 Å². The molecule has 0 aliphatic carbocycles. The molecule has 0 bridgehead atoms. The van der Waals surface area contributed by atoms with Crippen molar-refractivity contribution in [3.05, 3.63) is 59.2 Å². The Hall–Kier alpha value is -3.86. The first-order valence-corrected chi connectivity index (χ1v) is 12.2. The maximum Gasteiger partial charge on any atom is 0.250 e. The summed E-state index contributed by atoms with van der Waals surface area (Å²) in [7, 11) is -1.68. The largest absolute Gasteiger partial charge is 0.495 e. The van der Waals surface area contributed by atoms with Crippen LogP contribution in [0.4, 0.5) is 29.0 Å². The molecular weight excluding hydrogens is 444 g/mol. The Kier molecular flexibility index (Phi) is 6.05. The predicted molar refractivity (Wildman–Crippen MR) is 127 cm³/mol. The molecule has 1 amide bonds. The fourth-order valence-electron chi connectivity index (χ4n) is 3.63. The summed E-state index contributed by atoms with van der Waals surface area (Å²) < 4.78 is 28.9. The number of carbonyl (C=O) groups excluding carboxylic acids is 1. The molecule has 0 saturated heterocycles. The number of nitrogens with one attached hydrogen (secondary N) is 3. The molecule has 0 spiro atoms. The summed E-state index contributed by atoms with van der Waals surface area (Å²) in [6.07, 6.45) is 1.89. The molecule has 3 aromatic rings. The molecule has 2 heterocycles. The zero-order valence-electron chi connectivity index (χ0n) is 18.2. The van der Waals surface area contributed by atoms with Crippen molar-refractivity contribution in [2.24, 2.45) is 5.73 Å². The SMILES string of the molecule is COc1ccc(CS(C)(=O)=O)cc1Nc1nc2c(c(Nc3ccccc3C(N)=O)n1)CCN2. The van der Waals surface area contributed by atoms with Gasteiger partial charge in [0.15, 0.2) is 9.84 Å². The Morgan fingerprint density at radius 2 is 1.94 bits per heavy atom. The molecule has 1 aliphatic rings. The van der Waals surface area contributed by atoms with E-state index in [0.29, 0.717) is 52.9 Å². The Morgan fingerprint density at radius 1 is 1.15 bits per heavy atom. The molecule has 0 unspecified atom stereocenters. The van der Waals surface area contributed by atoms with Crippen LogP contribution in [0.15, 0.2) is 42.5 Å². The molecule has 0 fully saturated rings. The molecule has 0 radical (unpaired) electrons. The highest BCUT2D eigenvalue weighted by Gasteiger charge is 2.21. The molecule has 33 heavy (non-hydrogen) atoms. The quantitative estimate of drug-likeness (QED) is 0.391. The van der Waals surface area contributed by atoms with E-state index in [0.717, 1.165) is 5.56 Å². The van der Waals surface area contributed by atoms with Gasteiger partial charge in [0.1, 0.15) is 17.4 Å². The van der Waals surface area contributed by atoms with Crippen molar-refractivity contribution in [2.75, 3.05) is 35.9 Å². The number of primary amides is 1. The van der Waals surface area contributed by atoms with E-state index in [-0.39, 0.29) is 11.7 Å². The minimum atomic E-state index is -3.20. The summed E-state index contributed by atoms with van der Waals surface area (Å²) in [6.45, 7) is 0.701. The van der Waals surface area contributed by atoms with Crippen LogP contribution in [0.25, 0.3) is 0 Å². The zero-order chi connectivity index (χ0) is 23.6. The fraction of sp³-hybridized carbons (Fsp3) is 0.227. The number of methoxy groups -OCH3 is 1. The summed E-state index contributed by atoms with van der Waals surface area (Å²) in [5.74, 6) is 1.34. The van der Waals surface area contributed by atoms with Crippen LogP contribution in [0.5, 0.6) is 5.75 Å². The summed E-state index contributed by atoms with van der Waals surface area (Å²) >= 11 is 0. The number of benzene rings is 2. The second kappa shape index (κ2) is 8.94. The topological polar surface area (TPSA) is 148 Å². The van der Waals surface area contributed by atoms with Crippen LogP contribution in [0.1, 0.15) is 21.5 Å². The maximum absolute atomic E-state index is 11.8. The van der Waals surface area contributed by atoms with Gasteiger partial charge in [-0.25, -0.2) is 8.42 Å². The van der Waals surface area contributed by atoms with E-state index < -0.39 is 15.7 Å². The molecule has 5 N–H and O–H groups in total. The van der Waals surface area contributed by atoms with E-state index in [4.69, 9.17) is 10.5 Å². The number of fused-ring (bicyclic) bond motifs is 1. The number of para-hydroxylation sites is 1. The van der Waals surface area contributed by atoms with Crippen molar-refractivity contribution in [1.82, 2.24) is 9.97 Å². The number of amides is 1. The molecule has 172 valence electrons. The monoisotopic (exact) mass is 468 g/mol. The highest BCUT2D eigenvalue weighted by Crippen LogP contribution is 2.33. The lowest BCUT2D eigenvalue weighted by atomic mass is 10.1. The highest BCUT2D eigenvalue weighted by molar-refractivity contribution is 7.89. The Labute approximate surface area is 191 Å². The van der Waals surface area contributed by atoms with E-state index >= 15 is 0 Å². The number of rotatable bonds is 8. The summed E-state index contributed by atoms with van der Waals surface area (Å²) in [4.78, 5) is 21.0. The standard InChI is InChI=1S/C22H24N6O4S/c1-32-18-8-7-13(12-33(2,30)31)11-17(18)26-22-27-20-15(9-10-24-20)21(28-22)25-16-6-4-3-5-14(16)19(23)29/h3-8,11H,9-10,12H2,1-2H3,(H2,23,29)(H3,24,25,26,27,28). The third-order valence-electron chi connectivity index (χ3n) is 5.06. The number of nitrogens with zero attached hydrogens (tertiary/aromatic N) is 2. The number of hydrogen-bond acceptors (Lipinski definition) is 9. The number of carbonyl (C=O) groups is 1. The van der Waals surface area contributed by atoms with Crippen molar-refractivity contribution >= 4 is 44.7 Å². The van der Waals surface area contributed by atoms with E-state index in [1.807, 2.05) is 0 Å². The third-order valence-corrected chi connectivity index (χ3v) is 5.92. The smallest absolute Gasteiger partial charge is 0.250 e. The minimum absolute atomic E-state index is 0.102. The second-order valence-electron chi connectivity index (χ2n) is 7.66. The average molecular weight is 469 g/mol. The molecule has 11 heteroatoms. The van der Waals surface area contributed by atoms with Gasteiger partial charge in [-0.15, -0.1) is 0 Å². The lowest BCUT2D eigenvalue weighted by molar-refractivity contribution is 0.100. The molecule has 0 saturated carbocycles. The van der Waals surface area contributed by atoms with Crippen LogP contribution in [0.3, 0.4) is 0 Å². The van der Waals surface area contributed by atoms with Gasteiger partial charge < -0.3 is 26.4 Å². The Bertz CT molecular complexity index is 1330. The minimum Gasteiger partial charge on any atom is -0.495 e. The third kappa shape index (κ3) is 5.14. The van der Waals surface area contributed by atoms with E-state index in [1.54, 1.807) is 42.5 Å². The molecule has 2 aromatic carbocycles. The van der Waals surface area contributed by atoms with Crippen molar-refractivity contribution in [3.8, 4) is 5.75 Å². The molecular formula is C22H24N6O4S. The molecule has 1 aromatic heterocycles. The lowest BCUT2D eigenvalue weighted by Crippen LogP contribution is -2.14. The van der Waals surface area contributed by atoms with Gasteiger partial charge >= 0.3 is 0 Å². The molecule has 1 aliphatic heterocycles. The average Bonchev–Trinajstić information content (AvgIpc) is 3.22. The first kappa shape index (κ1) is 22.3. The summed E-state index contributed by atoms with van der Waals surface area (Å²) in [6, 6.07) is 12.0. The van der Waals surface area contributed by atoms with Crippen molar-refractivity contribution in [2.45, 2.75) is 12.2 Å². The highest BCUT2D eigenvalue weighted by atomic mass is 32.2. The van der Waals surface area contributed by atoms with Gasteiger partial charge in [0.2, 0.25) is 5.95 Å². The maximum atomic E-state index is 11.8. The number of aromatic nitrogens is 2. The van der Waals surface area contributed by atoms with Crippen LogP contribution in [-0.2, 0) is 22.0 Å². The van der Waals surface area contributed by atoms with Crippen LogP contribution < -0.4 is 26.4 Å². The summed E-state index contributed by atoms with van der Waals surface area (Å²) in [5, 5.41) is 9.57. The van der Waals surface area contributed by atoms with Crippen molar-refractivity contribution in [3.63, 3.8) is 0 Å². The van der Waals surface area contributed by atoms with Crippen LogP contribution in [0.2, 0.25) is 0 Å².